The van der Waals surface area contributed by atoms with Crippen LogP contribution in [0.2, 0.25) is 0 Å². The van der Waals surface area contributed by atoms with Gasteiger partial charge >= 0.3 is 0 Å². The van der Waals surface area contributed by atoms with Crippen LogP contribution >= 0.6 is 11.8 Å². The van der Waals surface area contributed by atoms with Crippen LogP contribution in [0, 0.1) is 0 Å². The number of hydrogen-bond acceptors (Lipinski definition) is 7. The van der Waals surface area contributed by atoms with Crippen LogP contribution in [0.4, 0.5) is 0 Å². The standard InChI is InChI=1S/C17H24N4O4S2/c1-5-21(6-2)27(23,24)14-9-7-8-13(10-14)16-19-20-17(25-16)26-11-15(22)18-12(3)4/h7-10,12H,5-6,11H2,1-4H3,(H,18,22). The van der Waals surface area contributed by atoms with Gasteiger partial charge in [-0.2, -0.15) is 4.31 Å². The van der Waals surface area contributed by atoms with Crippen LogP contribution in [-0.2, 0) is 14.8 Å². The van der Waals surface area contributed by atoms with Crippen molar-refractivity contribution in [1.82, 2.24) is 19.8 Å². The molecule has 0 atom stereocenters. The normalized spacial score (nSPS) is 11.9. The average molecular weight is 413 g/mol. The van der Waals surface area contributed by atoms with Gasteiger partial charge in [-0.25, -0.2) is 8.42 Å². The van der Waals surface area contributed by atoms with E-state index in [4.69, 9.17) is 4.42 Å². The zero-order valence-electron chi connectivity index (χ0n) is 15.8. The number of benzene rings is 1. The molecule has 0 saturated heterocycles. The van der Waals surface area contributed by atoms with Gasteiger partial charge in [-0.3, -0.25) is 4.79 Å². The third-order valence-corrected chi connectivity index (χ3v) is 6.47. The molecule has 8 nitrogen and oxygen atoms in total. The Hall–Kier alpha value is -1.91. The minimum absolute atomic E-state index is 0.0619. The van der Waals surface area contributed by atoms with E-state index in [0.717, 1.165) is 11.8 Å². The fourth-order valence-corrected chi connectivity index (χ4v) is 4.46. The van der Waals surface area contributed by atoms with Crippen LogP contribution in [0.5, 0.6) is 0 Å². The Morgan fingerprint density at radius 3 is 2.59 bits per heavy atom. The molecule has 1 aromatic carbocycles. The van der Waals surface area contributed by atoms with Gasteiger partial charge in [0.15, 0.2) is 0 Å². The smallest absolute Gasteiger partial charge is 0.277 e. The van der Waals surface area contributed by atoms with E-state index in [9.17, 15) is 13.2 Å². The van der Waals surface area contributed by atoms with E-state index in [0.29, 0.717) is 18.7 Å². The third kappa shape index (κ3) is 5.53. The van der Waals surface area contributed by atoms with Crippen LogP contribution in [-0.4, -0.2) is 53.7 Å². The number of nitrogens with one attached hydrogen (secondary N) is 1. The Labute approximate surface area is 163 Å². The Kier molecular flexibility index (Phi) is 7.40. The van der Waals surface area contributed by atoms with Crippen LogP contribution in [0.25, 0.3) is 11.5 Å². The second kappa shape index (κ2) is 9.34. The second-order valence-electron chi connectivity index (χ2n) is 6.00. The highest BCUT2D eigenvalue weighted by atomic mass is 32.2. The van der Waals surface area contributed by atoms with Crippen LogP contribution in [0.1, 0.15) is 27.7 Å². The molecule has 0 fully saturated rings. The Bertz CT molecular complexity index is 877. The zero-order chi connectivity index (χ0) is 20.0. The first-order valence-electron chi connectivity index (χ1n) is 8.64. The Balaban J connectivity index is 2.16. The van der Waals surface area contributed by atoms with E-state index in [1.807, 2.05) is 13.8 Å². The van der Waals surface area contributed by atoms with Crippen LogP contribution in [0.3, 0.4) is 0 Å². The zero-order valence-corrected chi connectivity index (χ0v) is 17.4. The van der Waals surface area contributed by atoms with Crippen molar-refractivity contribution in [3.05, 3.63) is 24.3 Å². The lowest BCUT2D eigenvalue weighted by molar-refractivity contribution is -0.119. The lowest BCUT2D eigenvalue weighted by atomic mass is 10.2. The van der Waals surface area contributed by atoms with Gasteiger partial charge < -0.3 is 9.73 Å². The van der Waals surface area contributed by atoms with Crippen molar-refractivity contribution >= 4 is 27.7 Å². The summed E-state index contributed by atoms with van der Waals surface area (Å²) in [7, 11) is -3.57. The van der Waals surface area contributed by atoms with Crippen molar-refractivity contribution in [2.75, 3.05) is 18.8 Å². The third-order valence-electron chi connectivity index (χ3n) is 3.61. The average Bonchev–Trinajstić information content (AvgIpc) is 3.09. The first-order chi connectivity index (χ1) is 12.8. The summed E-state index contributed by atoms with van der Waals surface area (Å²) in [5, 5.41) is 10.9. The molecule has 0 aliphatic heterocycles. The first-order valence-corrected chi connectivity index (χ1v) is 11.1. The van der Waals surface area contributed by atoms with Gasteiger partial charge in [-0.15, -0.1) is 10.2 Å². The van der Waals surface area contributed by atoms with E-state index in [-0.39, 0.29) is 33.7 Å². The molecule has 27 heavy (non-hydrogen) atoms. The molecular weight excluding hydrogens is 388 g/mol. The lowest BCUT2D eigenvalue weighted by Gasteiger charge is -2.18. The van der Waals surface area contributed by atoms with Crippen LogP contribution in [0.15, 0.2) is 38.8 Å². The monoisotopic (exact) mass is 412 g/mol. The molecule has 1 aromatic heterocycles. The van der Waals surface area contributed by atoms with E-state index in [2.05, 4.69) is 15.5 Å². The van der Waals surface area contributed by atoms with Gasteiger partial charge in [0.1, 0.15) is 0 Å². The van der Waals surface area contributed by atoms with Crippen molar-refractivity contribution in [3.8, 4) is 11.5 Å². The highest BCUT2D eigenvalue weighted by molar-refractivity contribution is 7.99. The fraction of sp³-hybridized carbons (Fsp3) is 0.471. The lowest BCUT2D eigenvalue weighted by Crippen LogP contribution is -2.31. The molecule has 1 amide bonds. The number of nitrogens with zero attached hydrogens (tertiary/aromatic N) is 3. The van der Waals surface area contributed by atoms with Gasteiger partial charge in [-0.1, -0.05) is 31.7 Å². The molecule has 0 aliphatic carbocycles. The van der Waals surface area contributed by atoms with Gasteiger partial charge in [-0.05, 0) is 32.0 Å². The number of aromatic nitrogens is 2. The molecule has 0 spiro atoms. The number of thioether (sulfide) groups is 1. The van der Waals surface area contributed by atoms with E-state index in [1.54, 1.807) is 32.0 Å². The molecule has 0 unspecified atom stereocenters. The quantitative estimate of drug-likeness (QED) is 0.630. The summed E-state index contributed by atoms with van der Waals surface area (Å²) < 4.78 is 32.3. The molecule has 0 aliphatic rings. The highest BCUT2D eigenvalue weighted by Gasteiger charge is 2.22. The predicted octanol–water partition coefficient (Wildman–Crippen LogP) is 2.38. The van der Waals surface area contributed by atoms with Gasteiger partial charge in [0.2, 0.25) is 21.8 Å². The van der Waals surface area contributed by atoms with Gasteiger partial charge in [0.05, 0.1) is 10.6 Å². The molecule has 2 aromatic rings. The summed E-state index contributed by atoms with van der Waals surface area (Å²) in [5.74, 6) is 0.247. The van der Waals surface area contributed by atoms with Crippen molar-refractivity contribution in [2.24, 2.45) is 0 Å². The van der Waals surface area contributed by atoms with E-state index >= 15 is 0 Å². The summed E-state index contributed by atoms with van der Waals surface area (Å²) in [4.78, 5) is 11.9. The number of carbonyl (C=O) groups is 1. The Morgan fingerprint density at radius 1 is 1.26 bits per heavy atom. The van der Waals surface area contributed by atoms with Crippen molar-refractivity contribution in [3.63, 3.8) is 0 Å². The SMILES string of the molecule is CCN(CC)S(=O)(=O)c1cccc(-c2nnc(SCC(=O)NC(C)C)o2)c1. The van der Waals surface area contributed by atoms with Crippen LogP contribution < -0.4 is 5.32 Å². The molecule has 1 N–H and O–H groups in total. The highest BCUT2D eigenvalue weighted by Crippen LogP contribution is 2.26. The minimum Gasteiger partial charge on any atom is -0.411 e. The van der Waals surface area contributed by atoms with Crippen molar-refractivity contribution in [1.29, 1.82) is 0 Å². The van der Waals surface area contributed by atoms with E-state index in [1.165, 1.54) is 10.4 Å². The molecule has 0 saturated carbocycles. The largest absolute Gasteiger partial charge is 0.411 e. The van der Waals surface area contributed by atoms with Crippen molar-refractivity contribution in [2.45, 2.75) is 43.9 Å². The summed E-state index contributed by atoms with van der Waals surface area (Å²) in [6, 6.07) is 6.46. The summed E-state index contributed by atoms with van der Waals surface area (Å²) in [6.45, 7) is 8.13. The maximum Gasteiger partial charge on any atom is 0.277 e. The molecule has 0 bridgehead atoms. The van der Waals surface area contributed by atoms with Gasteiger partial charge in [0.25, 0.3) is 5.22 Å². The summed E-state index contributed by atoms with van der Waals surface area (Å²) >= 11 is 1.13. The molecule has 1 heterocycles. The fourth-order valence-electron chi connectivity index (χ4n) is 2.38. The number of sulfonamides is 1. The van der Waals surface area contributed by atoms with Crippen molar-refractivity contribution < 1.29 is 17.6 Å². The predicted molar refractivity (Wildman–Crippen MR) is 104 cm³/mol. The molecule has 10 heteroatoms. The number of amides is 1. The molecule has 148 valence electrons. The second-order valence-corrected chi connectivity index (χ2v) is 8.87. The first kappa shape index (κ1) is 21.4. The molecule has 0 radical (unpaired) electrons. The maximum absolute atomic E-state index is 12.7. The topological polar surface area (TPSA) is 105 Å². The molecule has 2 rings (SSSR count). The Morgan fingerprint density at radius 2 is 1.96 bits per heavy atom. The molecular formula is C17H24N4O4S2. The number of hydrogen-bond donors (Lipinski definition) is 1. The maximum atomic E-state index is 12.7. The van der Waals surface area contributed by atoms with Gasteiger partial charge in [0, 0.05) is 24.7 Å². The summed E-state index contributed by atoms with van der Waals surface area (Å²) in [6.07, 6.45) is 0. The van der Waals surface area contributed by atoms with E-state index < -0.39 is 10.0 Å². The number of rotatable bonds is 9. The minimum atomic E-state index is -3.57. The number of carbonyl (C=O) groups excluding carboxylic acids is 1. The summed E-state index contributed by atoms with van der Waals surface area (Å²) in [5.41, 5.74) is 0.509.